The van der Waals surface area contributed by atoms with Crippen LogP contribution in [0.4, 0.5) is 14.5 Å². The quantitative estimate of drug-likeness (QED) is 0.432. The highest BCUT2D eigenvalue weighted by Crippen LogP contribution is 2.27. The molecule has 0 saturated carbocycles. The Labute approximate surface area is 177 Å². The van der Waals surface area contributed by atoms with E-state index in [2.05, 4.69) is 15.4 Å². The third-order valence-electron chi connectivity index (χ3n) is 4.51. The van der Waals surface area contributed by atoms with Gasteiger partial charge in [-0.05, 0) is 30.7 Å². The number of hydrogen-bond donors (Lipinski definition) is 1. The maximum Gasteiger partial charge on any atom is 0.340 e. The Morgan fingerprint density at radius 3 is 2.68 bits per heavy atom. The van der Waals surface area contributed by atoms with Gasteiger partial charge in [0.15, 0.2) is 0 Å². The number of pyridine rings is 1. The minimum Gasteiger partial charge on any atom is -0.465 e. The van der Waals surface area contributed by atoms with Crippen molar-refractivity contribution in [2.75, 3.05) is 26.1 Å². The molecule has 1 N–H and O–H groups in total. The minimum absolute atomic E-state index is 0.0856. The van der Waals surface area contributed by atoms with Gasteiger partial charge < -0.3 is 14.8 Å². The second-order valence-electron chi connectivity index (χ2n) is 6.94. The summed E-state index contributed by atoms with van der Waals surface area (Å²) in [6.07, 6.45) is 2.53. The number of nitrogens with one attached hydrogen (secondary N) is 1. The SMILES string of the molecule is COCCCn1cc2cc(NC(=O)c3cccc(C(C)(F)F)n3)c(C(=O)OC)cc2n1. The van der Waals surface area contributed by atoms with Crippen LogP contribution in [0.2, 0.25) is 0 Å². The van der Waals surface area contributed by atoms with Gasteiger partial charge in [0.25, 0.3) is 11.8 Å². The highest BCUT2D eigenvalue weighted by atomic mass is 19.3. The van der Waals surface area contributed by atoms with E-state index in [9.17, 15) is 18.4 Å². The van der Waals surface area contributed by atoms with Crippen LogP contribution >= 0.6 is 0 Å². The average Bonchev–Trinajstić information content (AvgIpc) is 3.13. The van der Waals surface area contributed by atoms with Gasteiger partial charge >= 0.3 is 5.97 Å². The predicted molar refractivity (Wildman–Crippen MR) is 109 cm³/mol. The van der Waals surface area contributed by atoms with E-state index in [1.165, 1.54) is 25.3 Å². The lowest BCUT2D eigenvalue weighted by atomic mass is 10.1. The van der Waals surface area contributed by atoms with E-state index in [1.807, 2.05) is 0 Å². The van der Waals surface area contributed by atoms with E-state index in [4.69, 9.17) is 9.47 Å². The first-order chi connectivity index (χ1) is 14.7. The molecule has 3 aromatic rings. The monoisotopic (exact) mass is 432 g/mol. The number of rotatable bonds is 8. The first-order valence-electron chi connectivity index (χ1n) is 9.48. The van der Waals surface area contributed by atoms with Gasteiger partial charge in [-0.1, -0.05) is 6.07 Å². The Bertz CT molecular complexity index is 1110. The molecule has 0 atom stereocenters. The van der Waals surface area contributed by atoms with Crippen molar-refractivity contribution < 1.29 is 27.8 Å². The first-order valence-corrected chi connectivity index (χ1v) is 9.48. The average molecular weight is 432 g/mol. The molecule has 0 fully saturated rings. The smallest absolute Gasteiger partial charge is 0.340 e. The summed E-state index contributed by atoms with van der Waals surface area (Å²) in [5, 5.41) is 7.68. The fourth-order valence-corrected chi connectivity index (χ4v) is 2.98. The van der Waals surface area contributed by atoms with Crippen molar-refractivity contribution >= 4 is 28.5 Å². The van der Waals surface area contributed by atoms with Crippen molar-refractivity contribution in [3.63, 3.8) is 0 Å². The number of alkyl halides is 2. The van der Waals surface area contributed by atoms with Crippen molar-refractivity contribution in [1.29, 1.82) is 0 Å². The second-order valence-corrected chi connectivity index (χ2v) is 6.94. The summed E-state index contributed by atoms with van der Waals surface area (Å²) in [6.45, 7) is 1.89. The van der Waals surface area contributed by atoms with Gasteiger partial charge in [0.2, 0.25) is 0 Å². The van der Waals surface area contributed by atoms with Crippen molar-refractivity contribution in [3.05, 3.63) is 53.5 Å². The third kappa shape index (κ3) is 5.21. The third-order valence-corrected chi connectivity index (χ3v) is 4.51. The van der Waals surface area contributed by atoms with Crippen LogP contribution in [0.3, 0.4) is 0 Å². The lowest BCUT2D eigenvalue weighted by molar-refractivity contribution is 0.0126. The number of hydrogen-bond acceptors (Lipinski definition) is 6. The normalized spacial score (nSPS) is 11.5. The van der Waals surface area contributed by atoms with Crippen molar-refractivity contribution in [2.24, 2.45) is 0 Å². The van der Waals surface area contributed by atoms with Crippen molar-refractivity contribution in [1.82, 2.24) is 14.8 Å². The van der Waals surface area contributed by atoms with Gasteiger partial charge in [-0.2, -0.15) is 13.9 Å². The van der Waals surface area contributed by atoms with E-state index >= 15 is 0 Å². The number of benzene rings is 1. The highest BCUT2D eigenvalue weighted by molar-refractivity contribution is 6.09. The molecule has 2 heterocycles. The number of fused-ring (bicyclic) bond motifs is 1. The Balaban J connectivity index is 1.94. The van der Waals surface area contributed by atoms with Gasteiger partial charge in [-0.15, -0.1) is 0 Å². The number of halogens is 2. The van der Waals surface area contributed by atoms with E-state index in [-0.39, 0.29) is 16.9 Å². The number of methoxy groups -OCH3 is 2. The molecule has 1 amide bonds. The van der Waals surface area contributed by atoms with Gasteiger partial charge in [-0.3, -0.25) is 9.48 Å². The number of amides is 1. The van der Waals surface area contributed by atoms with Crippen LogP contribution in [0.5, 0.6) is 0 Å². The molecule has 0 spiro atoms. The Kier molecular flexibility index (Phi) is 6.59. The number of carbonyl (C=O) groups is 2. The lowest BCUT2D eigenvalue weighted by Gasteiger charge is -2.12. The summed E-state index contributed by atoms with van der Waals surface area (Å²) in [7, 11) is 2.83. The molecule has 0 radical (unpaired) electrons. The highest BCUT2D eigenvalue weighted by Gasteiger charge is 2.27. The number of esters is 1. The standard InChI is InChI=1S/C21H22F2N4O4/c1-21(22,23)18-7-4-6-15(24-18)19(28)25-17-10-13-12-27(8-5-9-30-2)26-16(13)11-14(17)20(29)31-3/h4,6-7,10-12H,5,8-9H2,1-3H3,(H,25,28). The van der Waals surface area contributed by atoms with Crippen LogP contribution < -0.4 is 5.32 Å². The summed E-state index contributed by atoms with van der Waals surface area (Å²) < 4.78 is 38.7. The zero-order valence-corrected chi connectivity index (χ0v) is 17.3. The topological polar surface area (TPSA) is 95.3 Å². The summed E-state index contributed by atoms with van der Waals surface area (Å²) in [6, 6.07) is 6.86. The zero-order chi connectivity index (χ0) is 22.6. The number of nitrogens with zero attached hydrogens (tertiary/aromatic N) is 3. The summed E-state index contributed by atoms with van der Waals surface area (Å²) in [5.74, 6) is -4.60. The van der Waals surface area contributed by atoms with Crippen LogP contribution in [-0.2, 0) is 21.9 Å². The van der Waals surface area contributed by atoms with Crippen molar-refractivity contribution in [2.45, 2.75) is 25.8 Å². The van der Waals surface area contributed by atoms with E-state index in [0.717, 1.165) is 12.5 Å². The molecular weight excluding hydrogens is 410 g/mol. The Hall–Kier alpha value is -3.40. The number of anilines is 1. The molecule has 2 aromatic heterocycles. The Morgan fingerprint density at radius 1 is 1.23 bits per heavy atom. The number of aromatic nitrogens is 3. The van der Waals surface area contributed by atoms with Crippen LogP contribution in [0, 0.1) is 0 Å². The summed E-state index contributed by atoms with van der Waals surface area (Å²) in [4.78, 5) is 28.7. The van der Waals surface area contributed by atoms with E-state index in [1.54, 1.807) is 24.1 Å². The molecule has 0 aliphatic heterocycles. The number of ether oxygens (including phenoxy) is 2. The van der Waals surface area contributed by atoms with E-state index < -0.39 is 23.5 Å². The molecule has 0 aliphatic carbocycles. The molecule has 0 saturated heterocycles. The van der Waals surface area contributed by atoms with E-state index in [0.29, 0.717) is 31.0 Å². The molecular formula is C21H22F2N4O4. The maximum absolute atomic E-state index is 13.6. The zero-order valence-electron chi connectivity index (χ0n) is 17.3. The molecule has 8 nitrogen and oxygen atoms in total. The van der Waals surface area contributed by atoms with Gasteiger partial charge in [0.05, 0.1) is 23.9 Å². The van der Waals surface area contributed by atoms with Crippen molar-refractivity contribution in [3.8, 4) is 0 Å². The van der Waals surface area contributed by atoms with Crippen LogP contribution in [-0.4, -0.2) is 47.5 Å². The van der Waals surface area contributed by atoms with Crippen LogP contribution in [0.25, 0.3) is 10.9 Å². The Morgan fingerprint density at radius 2 is 2.00 bits per heavy atom. The molecule has 0 bridgehead atoms. The number of carbonyl (C=O) groups excluding carboxylic acids is 2. The molecule has 0 unspecified atom stereocenters. The molecule has 164 valence electrons. The number of aryl methyl sites for hydroxylation is 1. The van der Waals surface area contributed by atoms with Gasteiger partial charge in [0.1, 0.15) is 11.4 Å². The maximum atomic E-state index is 13.6. The van der Waals surface area contributed by atoms with Crippen LogP contribution in [0.1, 0.15) is 39.9 Å². The summed E-state index contributed by atoms with van der Waals surface area (Å²) >= 11 is 0. The fraction of sp³-hybridized carbons (Fsp3) is 0.333. The van der Waals surface area contributed by atoms with Crippen LogP contribution in [0.15, 0.2) is 36.5 Å². The fourth-order valence-electron chi connectivity index (χ4n) is 2.98. The molecule has 31 heavy (non-hydrogen) atoms. The van der Waals surface area contributed by atoms with Gasteiger partial charge in [-0.25, -0.2) is 9.78 Å². The first kappa shape index (κ1) is 22.3. The van der Waals surface area contributed by atoms with Gasteiger partial charge in [0, 0.05) is 38.8 Å². The molecule has 3 rings (SSSR count). The lowest BCUT2D eigenvalue weighted by Crippen LogP contribution is -2.19. The predicted octanol–water partition coefficient (Wildman–Crippen LogP) is 3.62. The molecule has 10 heteroatoms. The molecule has 1 aromatic carbocycles. The second kappa shape index (κ2) is 9.17. The molecule has 0 aliphatic rings. The summed E-state index contributed by atoms with van der Waals surface area (Å²) in [5.41, 5.74) is 0.0617. The minimum atomic E-state index is -3.19. The largest absolute Gasteiger partial charge is 0.465 e.